The summed E-state index contributed by atoms with van der Waals surface area (Å²) in [4.78, 5) is 0. The average Bonchev–Trinajstić information content (AvgIpc) is 2.92. The van der Waals surface area contributed by atoms with Crippen LogP contribution in [0, 0.1) is 26.7 Å². The second kappa shape index (κ2) is 7.71. The molecule has 2 unspecified atom stereocenters. The summed E-state index contributed by atoms with van der Waals surface area (Å²) < 4.78 is 0.293. The summed E-state index contributed by atoms with van der Waals surface area (Å²) in [5.41, 5.74) is 10.7. The van der Waals surface area contributed by atoms with Crippen molar-refractivity contribution in [2.45, 2.75) is 44.7 Å². The van der Waals surface area contributed by atoms with E-state index in [-0.39, 0.29) is 0 Å². The number of fused-ring (bicyclic) bond motifs is 1. The molecule has 0 nitrogen and oxygen atoms in total. The zero-order valence-corrected chi connectivity index (χ0v) is 19.6. The molecule has 0 N–H and O–H groups in total. The minimum absolute atomic E-state index is 0.293. The van der Waals surface area contributed by atoms with Crippen molar-refractivity contribution < 1.29 is 19.4 Å². The molecule has 1 aliphatic carbocycles. The number of allylic oxidation sites excluding steroid dienone is 1. The standard InChI is InChI=1S/C22H25.2ClH.Zr/c1-6-16(4)19-12-18-8-7-17(5)22(21(18)13-19)20-10-14(2)9-15(3)11-20;;;/h7-13,16H,6H2,1-5H3;2*1H;/q;;;+2/p-2. The Labute approximate surface area is 167 Å². The Kier molecular flexibility index (Phi) is 5.99. The molecule has 0 bridgehead atoms. The molecule has 0 aromatic heterocycles. The average molecular weight is 452 g/mol. The summed E-state index contributed by atoms with van der Waals surface area (Å²) in [7, 11) is 13.2. The first-order chi connectivity index (χ1) is 11.8. The van der Waals surface area contributed by atoms with Gasteiger partial charge in [0, 0.05) is 0 Å². The molecule has 0 amide bonds. The molecular formula is C22H25Cl2Zr. The maximum absolute atomic E-state index is 6.62. The molecule has 0 spiro atoms. The van der Waals surface area contributed by atoms with Crippen LogP contribution in [-0.4, -0.2) is 0 Å². The number of rotatable bonds is 4. The van der Waals surface area contributed by atoms with Gasteiger partial charge in [0.1, 0.15) is 0 Å². The molecule has 2 aromatic rings. The van der Waals surface area contributed by atoms with Gasteiger partial charge >= 0.3 is 168 Å². The van der Waals surface area contributed by atoms with E-state index in [1.54, 1.807) is 0 Å². The molecule has 3 rings (SSSR count). The van der Waals surface area contributed by atoms with Gasteiger partial charge in [0.15, 0.2) is 0 Å². The van der Waals surface area contributed by atoms with Crippen LogP contribution in [0.1, 0.15) is 51.7 Å². The predicted octanol–water partition coefficient (Wildman–Crippen LogP) is 7.69. The molecule has 0 saturated carbocycles. The number of hydrogen-bond acceptors (Lipinski definition) is 0. The quantitative estimate of drug-likeness (QED) is 0.447. The van der Waals surface area contributed by atoms with E-state index in [9.17, 15) is 0 Å². The molecule has 0 heterocycles. The van der Waals surface area contributed by atoms with E-state index < -0.39 is 19.4 Å². The van der Waals surface area contributed by atoms with Gasteiger partial charge in [0.05, 0.1) is 0 Å². The van der Waals surface area contributed by atoms with Crippen LogP contribution in [0.15, 0.2) is 35.9 Å². The predicted molar refractivity (Wildman–Crippen MR) is 108 cm³/mol. The van der Waals surface area contributed by atoms with Crippen molar-refractivity contribution >= 4 is 23.1 Å². The van der Waals surface area contributed by atoms with E-state index in [1.165, 1.54) is 44.5 Å². The Hall–Kier alpha value is -0.357. The molecule has 0 fully saturated rings. The molecule has 2 aromatic carbocycles. The van der Waals surface area contributed by atoms with Crippen molar-refractivity contribution in [3.63, 3.8) is 0 Å². The van der Waals surface area contributed by atoms with Crippen molar-refractivity contribution in [3.8, 4) is 11.1 Å². The fraction of sp³-hybridized carbons (Fsp3) is 0.364. The molecule has 1 aliphatic rings. The number of aryl methyl sites for hydroxylation is 3. The van der Waals surface area contributed by atoms with Crippen LogP contribution in [0.5, 0.6) is 0 Å². The topological polar surface area (TPSA) is 0 Å². The SMILES string of the molecule is CCC(C)C1=Cc2c(ccc(C)c2-c2cc(C)cc(C)c2)[CH]1[Zr]([Cl])[Cl]. The van der Waals surface area contributed by atoms with Gasteiger partial charge in [0.25, 0.3) is 0 Å². The van der Waals surface area contributed by atoms with Gasteiger partial charge in [-0.1, -0.05) is 0 Å². The minimum atomic E-state index is -2.46. The summed E-state index contributed by atoms with van der Waals surface area (Å²) in [5.74, 6) is 0.526. The van der Waals surface area contributed by atoms with Crippen molar-refractivity contribution in [2.24, 2.45) is 5.92 Å². The summed E-state index contributed by atoms with van der Waals surface area (Å²) in [6.07, 6.45) is 3.53. The molecule has 2 atom stereocenters. The fourth-order valence-corrected chi connectivity index (χ4v) is 9.59. The Balaban J connectivity index is 2.26. The Morgan fingerprint density at radius 3 is 2.24 bits per heavy atom. The number of halogens is 2. The van der Waals surface area contributed by atoms with Crippen molar-refractivity contribution in [3.05, 3.63) is 63.7 Å². The van der Waals surface area contributed by atoms with Gasteiger partial charge in [0.2, 0.25) is 0 Å². The van der Waals surface area contributed by atoms with Crippen LogP contribution in [0.25, 0.3) is 17.2 Å². The molecule has 131 valence electrons. The third-order valence-electron chi connectivity index (χ3n) is 5.35. The van der Waals surface area contributed by atoms with Crippen LogP contribution in [-0.2, 0) is 19.4 Å². The van der Waals surface area contributed by atoms with Crippen LogP contribution in [0.4, 0.5) is 0 Å². The van der Waals surface area contributed by atoms with Gasteiger partial charge in [-0.3, -0.25) is 0 Å². The van der Waals surface area contributed by atoms with Crippen LogP contribution in [0.2, 0.25) is 0 Å². The molecular weight excluding hydrogens is 426 g/mol. The fourth-order valence-electron chi connectivity index (χ4n) is 3.99. The summed E-state index contributed by atoms with van der Waals surface area (Å²) >= 11 is -2.46. The zero-order chi connectivity index (χ0) is 18.3. The second-order valence-corrected chi connectivity index (χ2v) is 16.1. The van der Waals surface area contributed by atoms with E-state index in [1.807, 2.05) is 0 Å². The summed E-state index contributed by atoms with van der Waals surface area (Å²) in [6, 6.07) is 11.3. The molecule has 0 aliphatic heterocycles. The molecule has 3 heteroatoms. The van der Waals surface area contributed by atoms with Gasteiger partial charge in [-0.25, -0.2) is 0 Å². The first-order valence-corrected chi connectivity index (χ1v) is 16.7. The van der Waals surface area contributed by atoms with E-state index in [0.717, 1.165) is 6.42 Å². The molecule has 25 heavy (non-hydrogen) atoms. The van der Waals surface area contributed by atoms with Crippen molar-refractivity contribution in [2.75, 3.05) is 0 Å². The Morgan fingerprint density at radius 1 is 1.04 bits per heavy atom. The van der Waals surface area contributed by atoms with E-state index in [2.05, 4.69) is 71.0 Å². The summed E-state index contributed by atoms with van der Waals surface area (Å²) in [6.45, 7) is 11.1. The van der Waals surface area contributed by atoms with E-state index in [4.69, 9.17) is 17.0 Å². The normalized spacial score (nSPS) is 17.2. The van der Waals surface area contributed by atoms with Crippen molar-refractivity contribution in [1.29, 1.82) is 0 Å². The Bertz CT molecular complexity index is 816. The zero-order valence-electron chi connectivity index (χ0n) is 15.6. The first-order valence-electron chi connectivity index (χ1n) is 8.95. The third-order valence-corrected chi connectivity index (χ3v) is 10.6. The van der Waals surface area contributed by atoms with Gasteiger partial charge in [-0.15, -0.1) is 0 Å². The first kappa shape index (κ1) is 19.4. The van der Waals surface area contributed by atoms with Crippen molar-refractivity contribution in [1.82, 2.24) is 0 Å². The number of hydrogen-bond donors (Lipinski definition) is 0. The monoisotopic (exact) mass is 449 g/mol. The van der Waals surface area contributed by atoms with Gasteiger partial charge in [-0.2, -0.15) is 0 Å². The molecule has 0 radical (unpaired) electrons. The Morgan fingerprint density at radius 2 is 1.68 bits per heavy atom. The van der Waals surface area contributed by atoms with Crippen LogP contribution >= 0.6 is 17.0 Å². The third kappa shape index (κ3) is 3.71. The van der Waals surface area contributed by atoms with E-state index in [0.29, 0.717) is 9.54 Å². The second-order valence-electron chi connectivity index (χ2n) is 7.31. The summed E-state index contributed by atoms with van der Waals surface area (Å²) in [5, 5.41) is 0. The van der Waals surface area contributed by atoms with Crippen LogP contribution < -0.4 is 0 Å². The van der Waals surface area contributed by atoms with Gasteiger partial charge < -0.3 is 0 Å². The van der Waals surface area contributed by atoms with E-state index >= 15 is 0 Å². The van der Waals surface area contributed by atoms with Crippen LogP contribution in [0.3, 0.4) is 0 Å². The van der Waals surface area contributed by atoms with Gasteiger partial charge in [-0.05, 0) is 0 Å². The number of benzene rings is 2. The maximum atomic E-state index is 6.62. The molecule has 0 saturated heterocycles.